The van der Waals surface area contributed by atoms with Crippen molar-refractivity contribution in [1.29, 1.82) is 0 Å². The van der Waals surface area contributed by atoms with E-state index in [2.05, 4.69) is 24.1 Å². The Kier molecular flexibility index (Phi) is 5.97. The van der Waals surface area contributed by atoms with E-state index in [-0.39, 0.29) is 0 Å². The topological polar surface area (TPSA) is 15.3 Å². The first-order chi connectivity index (χ1) is 8.85. The van der Waals surface area contributed by atoms with E-state index >= 15 is 0 Å². The highest BCUT2D eigenvalue weighted by Gasteiger charge is 2.31. The van der Waals surface area contributed by atoms with Crippen molar-refractivity contribution in [3.8, 4) is 0 Å². The van der Waals surface area contributed by atoms with Gasteiger partial charge in [-0.1, -0.05) is 46.0 Å². The summed E-state index contributed by atoms with van der Waals surface area (Å²) in [6.07, 6.45) is 12.7. The minimum absolute atomic E-state index is 0.751. The third kappa shape index (κ3) is 3.71. The number of nitrogens with zero attached hydrogens (tertiary/aromatic N) is 1. The van der Waals surface area contributed by atoms with Gasteiger partial charge < -0.3 is 5.32 Å². The van der Waals surface area contributed by atoms with Gasteiger partial charge in [0.25, 0.3) is 0 Å². The van der Waals surface area contributed by atoms with E-state index in [1.165, 1.54) is 70.9 Å². The lowest BCUT2D eigenvalue weighted by molar-refractivity contribution is 0.0684. The van der Waals surface area contributed by atoms with Crippen molar-refractivity contribution in [2.45, 2.75) is 89.8 Å². The molecule has 106 valence electrons. The minimum atomic E-state index is 0.751. The largest absolute Gasteiger partial charge is 0.311 e. The van der Waals surface area contributed by atoms with Crippen molar-refractivity contribution >= 4 is 0 Å². The fraction of sp³-hybridized carbons (Fsp3) is 1.00. The Labute approximate surface area is 114 Å². The molecule has 18 heavy (non-hydrogen) atoms. The van der Waals surface area contributed by atoms with Gasteiger partial charge in [-0.3, -0.25) is 4.90 Å². The predicted octanol–water partition coefficient (Wildman–Crippen LogP) is 3.56. The Morgan fingerprint density at radius 3 is 2.39 bits per heavy atom. The quantitative estimate of drug-likeness (QED) is 0.770. The van der Waals surface area contributed by atoms with Gasteiger partial charge in [-0.15, -0.1) is 0 Å². The molecule has 2 rings (SSSR count). The highest BCUT2D eigenvalue weighted by Crippen LogP contribution is 2.26. The fourth-order valence-electron chi connectivity index (χ4n) is 3.85. The summed E-state index contributed by atoms with van der Waals surface area (Å²) in [5, 5.41) is 3.76. The lowest BCUT2D eigenvalue weighted by Crippen LogP contribution is -2.59. The van der Waals surface area contributed by atoms with Crippen molar-refractivity contribution in [3.63, 3.8) is 0 Å². The van der Waals surface area contributed by atoms with Gasteiger partial charge in [0, 0.05) is 31.2 Å². The van der Waals surface area contributed by atoms with Crippen LogP contribution in [0.2, 0.25) is 0 Å². The predicted molar refractivity (Wildman–Crippen MR) is 79.0 cm³/mol. The number of rotatable bonds is 4. The normalized spacial score (nSPS) is 32.3. The van der Waals surface area contributed by atoms with Crippen LogP contribution in [0.25, 0.3) is 0 Å². The molecule has 0 spiro atoms. The zero-order valence-corrected chi connectivity index (χ0v) is 12.5. The Morgan fingerprint density at radius 1 is 1.06 bits per heavy atom. The minimum Gasteiger partial charge on any atom is -0.311 e. The van der Waals surface area contributed by atoms with Crippen LogP contribution < -0.4 is 5.32 Å². The molecule has 2 atom stereocenters. The average molecular weight is 252 g/mol. The van der Waals surface area contributed by atoms with Crippen LogP contribution >= 0.6 is 0 Å². The lowest BCUT2D eigenvalue weighted by atomic mass is 9.97. The van der Waals surface area contributed by atoms with Crippen LogP contribution in [-0.2, 0) is 0 Å². The van der Waals surface area contributed by atoms with Crippen molar-refractivity contribution in [2.24, 2.45) is 0 Å². The molecule has 2 unspecified atom stereocenters. The molecule has 2 aliphatic rings. The Morgan fingerprint density at radius 2 is 1.78 bits per heavy atom. The SMILES string of the molecule is CCCC1CN(C2CCCCCC2)C(CC)CN1. The van der Waals surface area contributed by atoms with E-state index in [0.29, 0.717) is 0 Å². The first-order valence-electron chi connectivity index (χ1n) is 8.34. The van der Waals surface area contributed by atoms with Gasteiger partial charge in [0.1, 0.15) is 0 Å². The Hall–Kier alpha value is -0.0800. The van der Waals surface area contributed by atoms with E-state index < -0.39 is 0 Å². The van der Waals surface area contributed by atoms with Gasteiger partial charge >= 0.3 is 0 Å². The van der Waals surface area contributed by atoms with E-state index in [1.54, 1.807) is 0 Å². The Balaban J connectivity index is 1.95. The van der Waals surface area contributed by atoms with Gasteiger partial charge in [0.15, 0.2) is 0 Å². The molecule has 0 aromatic carbocycles. The first kappa shape index (κ1) is 14.3. The summed E-state index contributed by atoms with van der Waals surface area (Å²) in [5.74, 6) is 0. The monoisotopic (exact) mass is 252 g/mol. The summed E-state index contributed by atoms with van der Waals surface area (Å²) in [7, 11) is 0. The molecule has 1 saturated heterocycles. The molecular weight excluding hydrogens is 220 g/mol. The molecule has 1 aliphatic heterocycles. The molecule has 1 saturated carbocycles. The van der Waals surface area contributed by atoms with Crippen LogP contribution in [0.4, 0.5) is 0 Å². The van der Waals surface area contributed by atoms with E-state index in [1.807, 2.05) is 0 Å². The van der Waals surface area contributed by atoms with Crippen molar-refractivity contribution in [3.05, 3.63) is 0 Å². The van der Waals surface area contributed by atoms with Crippen LogP contribution in [0.1, 0.15) is 71.6 Å². The second-order valence-corrected chi connectivity index (χ2v) is 6.30. The number of nitrogens with one attached hydrogen (secondary N) is 1. The molecule has 0 bridgehead atoms. The molecule has 2 nitrogen and oxygen atoms in total. The van der Waals surface area contributed by atoms with Crippen LogP contribution in [0, 0.1) is 0 Å². The molecule has 0 amide bonds. The smallest absolute Gasteiger partial charge is 0.0221 e. The molecule has 0 aromatic heterocycles. The highest BCUT2D eigenvalue weighted by molar-refractivity contribution is 4.89. The number of piperazine rings is 1. The summed E-state index contributed by atoms with van der Waals surface area (Å²) in [4.78, 5) is 2.88. The van der Waals surface area contributed by atoms with Crippen LogP contribution in [0.5, 0.6) is 0 Å². The zero-order valence-electron chi connectivity index (χ0n) is 12.5. The molecule has 2 fully saturated rings. The highest BCUT2D eigenvalue weighted by atomic mass is 15.3. The summed E-state index contributed by atoms with van der Waals surface area (Å²) in [6, 6.07) is 2.43. The third-order valence-electron chi connectivity index (χ3n) is 4.94. The van der Waals surface area contributed by atoms with Gasteiger partial charge in [0.05, 0.1) is 0 Å². The second-order valence-electron chi connectivity index (χ2n) is 6.30. The summed E-state index contributed by atoms with van der Waals surface area (Å²) in [5.41, 5.74) is 0. The van der Waals surface area contributed by atoms with Crippen LogP contribution in [0.15, 0.2) is 0 Å². The van der Waals surface area contributed by atoms with Gasteiger partial charge in [-0.2, -0.15) is 0 Å². The maximum absolute atomic E-state index is 3.76. The average Bonchev–Trinajstić information content (AvgIpc) is 2.68. The molecule has 0 aromatic rings. The standard InChI is InChI=1S/C16H32N2/c1-3-9-14-13-18(15(4-2)12-17-14)16-10-7-5-6-8-11-16/h14-17H,3-13H2,1-2H3. The fourth-order valence-corrected chi connectivity index (χ4v) is 3.85. The summed E-state index contributed by atoms with van der Waals surface area (Å²) in [6.45, 7) is 7.19. The lowest BCUT2D eigenvalue weighted by Gasteiger charge is -2.44. The molecule has 2 heteroatoms. The maximum Gasteiger partial charge on any atom is 0.0221 e. The van der Waals surface area contributed by atoms with E-state index in [0.717, 1.165) is 18.1 Å². The van der Waals surface area contributed by atoms with Gasteiger partial charge in [0.2, 0.25) is 0 Å². The maximum atomic E-state index is 3.76. The van der Waals surface area contributed by atoms with Crippen molar-refractivity contribution in [1.82, 2.24) is 10.2 Å². The first-order valence-corrected chi connectivity index (χ1v) is 8.34. The van der Waals surface area contributed by atoms with E-state index in [4.69, 9.17) is 0 Å². The second kappa shape index (κ2) is 7.49. The van der Waals surface area contributed by atoms with E-state index in [9.17, 15) is 0 Å². The third-order valence-corrected chi connectivity index (χ3v) is 4.94. The van der Waals surface area contributed by atoms with Crippen molar-refractivity contribution < 1.29 is 0 Å². The van der Waals surface area contributed by atoms with Crippen LogP contribution in [-0.4, -0.2) is 36.1 Å². The summed E-state index contributed by atoms with van der Waals surface area (Å²) >= 11 is 0. The van der Waals surface area contributed by atoms with Gasteiger partial charge in [-0.25, -0.2) is 0 Å². The molecule has 1 aliphatic carbocycles. The number of hydrogen-bond acceptors (Lipinski definition) is 2. The Bertz CT molecular complexity index is 221. The van der Waals surface area contributed by atoms with Crippen LogP contribution in [0.3, 0.4) is 0 Å². The molecule has 1 heterocycles. The number of hydrogen-bond donors (Lipinski definition) is 1. The summed E-state index contributed by atoms with van der Waals surface area (Å²) < 4.78 is 0. The molecular formula is C16H32N2. The molecule has 1 N–H and O–H groups in total. The van der Waals surface area contributed by atoms with Gasteiger partial charge in [-0.05, 0) is 25.7 Å². The van der Waals surface area contributed by atoms with Crippen molar-refractivity contribution in [2.75, 3.05) is 13.1 Å². The zero-order chi connectivity index (χ0) is 12.8. The molecule has 0 radical (unpaired) electrons.